The fraction of sp³-hybridized carbons (Fsp3) is 0.480. The summed E-state index contributed by atoms with van der Waals surface area (Å²) in [6.45, 7) is 9.56. The Labute approximate surface area is 199 Å². The van der Waals surface area contributed by atoms with Crippen LogP contribution in [0.5, 0.6) is 0 Å². The van der Waals surface area contributed by atoms with Crippen LogP contribution in [-0.4, -0.2) is 59.5 Å². The number of primary amides is 1. The number of nitrogens with one attached hydrogen (secondary N) is 2. The smallest absolute Gasteiger partial charge is 0.229 e. The van der Waals surface area contributed by atoms with E-state index in [0.717, 1.165) is 56.6 Å². The van der Waals surface area contributed by atoms with E-state index in [4.69, 9.17) is 5.73 Å². The molecule has 9 heteroatoms. The number of fused-ring (bicyclic) bond motifs is 2. The molecule has 1 aromatic heterocycles. The molecule has 8 nitrogen and oxygen atoms in total. The largest absolute Gasteiger partial charge is 0.369 e. The molecule has 2 heterocycles. The molecule has 1 saturated carbocycles. The third-order valence-corrected chi connectivity index (χ3v) is 7.45. The van der Waals surface area contributed by atoms with Crippen LogP contribution in [0.15, 0.2) is 36.5 Å². The van der Waals surface area contributed by atoms with Crippen molar-refractivity contribution in [3.63, 3.8) is 0 Å². The summed E-state index contributed by atoms with van der Waals surface area (Å²) in [6.07, 6.45) is 6.11. The van der Waals surface area contributed by atoms with Crippen LogP contribution in [0.25, 0.3) is 0 Å². The lowest BCUT2D eigenvalue weighted by Crippen LogP contribution is -2.46. The van der Waals surface area contributed by atoms with Crippen molar-refractivity contribution in [3.8, 4) is 0 Å². The van der Waals surface area contributed by atoms with Gasteiger partial charge >= 0.3 is 0 Å². The van der Waals surface area contributed by atoms with E-state index in [1.54, 1.807) is 0 Å². The van der Waals surface area contributed by atoms with Gasteiger partial charge in [-0.25, -0.2) is 9.37 Å². The van der Waals surface area contributed by atoms with Crippen molar-refractivity contribution in [2.75, 3.05) is 48.3 Å². The highest BCUT2D eigenvalue weighted by Gasteiger charge is 2.47. The minimum atomic E-state index is -0.557. The quantitative estimate of drug-likeness (QED) is 0.541. The molecule has 1 aliphatic heterocycles. The Morgan fingerprint density at radius 3 is 2.68 bits per heavy atom. The van der Waals surface area contributed by atoms with Crippen molar-refractivity contribution < 1.29 is 9.18 Å². The lowest BCUT2D eigenvalue weighted by Gasteiger charge is -2.36. The van der Waals surface area contributed by atoms with Gasteiger partial charge < -0.3 is 26.2 Å². The van der Waals surface area contributed by atoms with Gasteiger partial charge in [-0.1, -0.05) is 19.1 Å². The molecule has 1 aromatic carbocycles. The molecule has 2 bridgehead atoms. The SMILES string of the molecule is CCN1CCN(c2ccc(Nc3ncc(F)c(NC4C5C=CC(C5)C4C(N)=O)n3)cc2C)CC1. The van der Waals surface area contributed by atoms with Gasteiger partial charge in [-0.05, 0) is 55.5 Å². The van der Waals surface area contributed by atoms with Crippen LogP contribution in [0.2, 0.25) is 0 Å². The number of anilines is 4. The number of carbonyl (C=O) groups is 1. The van der Waals surface area contributed by atoms with E-state index < -0.39 is 5.82 Å². The van der Waals surface area contributed by atoms with Crippen molar-refractivity contribution in [3.05, 3.63) is 47.9 Å². The summed E-state index contributed by atoms with van der Waals surface area (Å²) in [5.41, 5.74) is 8.86. The maximum absolute atomic E-state index is 14.5. The fourth-order valence-electron chi connectivity index (χ4n) is 5.62. The van der Waals surface area contributed by atoms with Gasteiger partial charge in [-0.3, -0.25) is 4.79 Å². The minimum absolute atomic E-state index is 0.0804. The van der Waals surface area contributed by atoms with E-state index in [1.807, 2.05) is 12.1 Å². The van der Waals surface area contributed by atoms with Crippen molar-refractivity contribution >= 4 is 29.0 Å². The van der Waals surface area contributed by atoms with Gasteiger partial charge in [0.2, 0.25) is 11.9 Å². The highest BCUT2D eigenvalue weighted by molar-refractivity contribution is 5.79. The maximum atomic E-state index is 14.5. The molecule has 4 unspecified atom stereocenters. The van der Waals surface area contributed by atoms with Crippen molar-refractivity contribution in [1.29, 1.82) is 0 Å². The van der Waals surface area contributed by atoms with Gasteiger partial charge in [-0.2, -0.15) is 4.98 Å². The number of amides is 1. The van der Waals surface area contributed by atoms with Gasteiger partial charge in [0.25, 0.3) is 0 Å². The van der Waals surface area contributed by atoms with Gasteiger partial charge in [-0.15, -0.1) is 0 Å². The van der Waals surface area contributed by atoms with Crippen molar-refractivity contribution in [2.24, 2.45) is 23.5 Å². The Balaban J connectivity index is 1.29. The third-order valence-electron chi connectivity index (χ3n) is 7.45. The number of halogens is 1. The summed E-state index contributed by atoms with van der Waals surface area (Å²) in [6, 6.07) is 5.91. The van der Waals surface area contributed by atoms with E-state index >= 15 is 0 Å². The van der Waals surface area contributed by atoms with Crippen LogP contribution >= 0.6 is 0 Å². The van der Waals surface area contributed by atoms with Crippen LogP contribution in [0.4, 0.5) is 27.5 Å². The van der Waals surface area contributed by atoms with Gasteiger partial charge in [0.05, 0.1) is 12.1 Å². The Kier molecular flexibility index (Phi) is 6.12. The number of allylic oxidation sites excluding steroid dienone is 1. The van der Waals surface area contributed by atoms with E-state index in [0.29, 0.717) is 5.95 Å². The molecule has 0 radical (unpaired) electrons. The number of hydrogen-bond acceptors (Lipinski definition) is 7. The number of aromatic nitrogens is 2. The predicted molar refractivity (Wildman–Crippen MR) is 132 cm³/mol. The normalized spacial score (nSPS) is 26.1. The molecule has 2 fully saturated rings. The van der Waals surface area contributed by atoms with E-state index in [1.165, 1.54) is 5.69 Å². The number of carbonyl (C=O) groups excluding carboxylic acids is 1. The monoisotopic (exact) mass is 465 g/mol. The van der Waals surface area contributed by atoms with Crippen molar-refractivity contribution in [1.82, 2.24) is 14.9 Å². The van der Waals surface area contributed by atoms with E-state index in [-0.39, 0.29) is 35.5 Å². The minimum Gasteiger partial charge on any atom is -0.369 e. The number of nitrogens with two attached hydrogens (primary N) is 1. The summed E-state index contributed by atoms with van der Waals surface area (Å²) >= 11 is 0. The molecule has 2 aromatic rings. The van der Waals surface area contributed by atoms with Crippen molar-refractivity contribution in [2.45, 2.75) is 26.3 Å². The van der Waals surface area contributed by atoms with Crippen LogP contribution < -0.4 is 21.3 Å². The number of likely N-dealkylation sites (N-methyl/N-ethyl adjacent to an activating group) is 1. The zero-order chi connectivity index (χ0) is 23.8. The molecule has 0 spiro atoms. The average molecular weight is 466 g/mol. The first kappa shape index (κ1) is 22.6. The Morgan fingerprint density at radius 1 is 1.21 bits per heavy atom. The predicted octanol–water partition coefficient (Wildman–Crippen LogP) is 2.90. The highest BCUT2D eigenvalue weighted by Crippen LogP contribution is 2.45. The number of rotatable bonds is 7. The summed E-state index contributed by atoms with van der Waals surface area (Å²) in [7, 11) is 0. The summed E-state index contributed by atoms with van der Waals surface area (Å²) < 4.78 is 14.5. The molecule has 4 N–H and O–H groups in total. The highest BCUT2D eigenvalue weighted by atomic mass is 19.1. The number of aryl methyl sites for hydroxylation is 1. The van der Waals surface area contributed by atoms with Gasteiger partial charge in [0.15, 0.2) is 11.6 Å². The number of hydrogen-bond donors (Lipinski definition) is 3. The van der Waals surface area contributed by atoms with Crippen LogP contribution in [0.3, 0.4) is 0 Å². The average Bonchev–Trinajstić information content (AvgIpc) is 3.43. The molecule has 1 saturated heterocycles. The Morgan fingerprint density at radius 2 is 1.97 bits per heavy atom. The lowest BCUT2D eigenvalue weighted by molar-refractivity contribution is -0.122. The second-order valence-corrected chi connectivity index (χ2v) is 9.48. The molecule has 4 atom stereocenters. The number of benzene rings is 1. The zero-order valence-electron chi connectivity index (χ0n) is 19.7. The topological polar surface area (TPSA) is 99.4 Å². The Bertz CT molecular complexity index is 1100. The second kappa shape index (κ2) is 9.21. The van der Waals surface area contributed by atoms with Gasteiger partial charge in [0, 0.05) is 43.6 Å². The standard InChI is InChI=1S/C25H32FN7O/c1-3-32-8-10-33(11-9-32)20-7-6-18(12-15(20)2)29-25-28-14-19(26)24(31-25)30-22-17-5-4-16(13-17)21(22)23(27)34/h4-7,12,14,16-17,21-22H,3,8-11,13H2,1-2H3,(H2,27,34)(H2,28,29,30,31). The fourth-order valence-corrected chi connectivity index (χ4v) is 5.62. The molecule has 180 valence electrons. The summed E-state index contributed by atoms with van der Waals surface area (Å²) in [4.78, 5) is 25.3. The molecular formula is C25H32FN7O. The number of nitrogens with zero attached hydrogens (tertiary/aromatic N) is 4. The first-order valence-corrected chi connectivity index (χ1v) is 12.0. The molecule has 5 rings (SSSR count). The van der Waals surface area contributed by atoms with Crippen LogP contribution in [-0.2, 0) is 4.79 Å². The third kappa shape index (κ3) is 4.32. The van der Waals surface area contributed by atoms with E-state index in [9.17, 15) is 9.18 Å². The summed E-state index contributed by atoms with van der Waals surface area (Å²) in [5.74, 6) is -0.669. The van der Waals surface area contributed by atoms with Crippen LogP contribution in [0.1, 0.15) is 18.9 Å². The molecule has 34 heavy (non-hydrogen) atoms. The van der Waals surface area contributed by atoms with Gasteiger partial charge in [0.1, 0.15) is 0 Å². The first-order chi connectivity index (χ1) is 16.4. The second-order valence-electron chi connectivity index (χ2n) is 9.48. The lowest BCUT2D eigenvalue weighted by atomic mass is 9.88. The molecule has 1 amide bonds. The number of piperazine rings is 1. The molecule has 3 aliphatic rings. The maximum Gasteiger partial charge on any atom is 0.229 e. The molecule has 2 aliphatic carbocycles. The summed E-state index contributed by atoms with van der Waals surface area (Å²) in [5, 5.41) is 6.33. The van der Waals surface area contributed by atoms with E-state index in [2.05, 4.69) is 62.5 Å². The Hall–Kier alpha value is -3.20. The van der Waals surface area contributed by atoms with Crippen LogP contribution in [0, 0.1) is 30.5 Å². The zero-order valence-corrected chi connectivity index (χ0v) is 19.7. The molecular weight excluding hydrogens is 433 g/mol. The first-order valence-electron chi connectivity index (χ1n) is 12.0.